The van der Waals surface area contributed by atoms with Crippen molar-refractivity contribution < 1.29 is 9.53 Å². The summed E-state index contributed by atoms with van der Waals surface area (Å²) in [5, 5.41) is 8.30. The van der Waals surface area contributed by atoms with E-state index in [9.17, 15) is 4.79 Å². The topological polar surface area (TPSA) is 59.4 Å². The number of nitrogens with zero attached hydrogens (tertiary/aromatic N) is 3. The zero-order chi connectivity index (χ0) is 19.2. The first-order chi connectivity index (χ1) is 13.1. The molecule has 1 unspecified atom stereocenters. The number of fused-ring (bicyclic) bond motifs is 1. The van der Waals surface area contributed by atoms with Gasteiger partial charge in [-0.2, -0.15) is 16.9 Å². The van der Waals surface area contributed by atoms with E-state index < -0.39 is 0 Å². The maximum atomic E-state index is 13.1. The molecule has 3 rings (SSSR count). The molecule has 0 spiro atoms. The normalized spacial score (nSPS) is 20.0. The molecule has 1 aromatic heterocycles. The highest BCUT2D eigenvalue weighted by molar-refractivity contribution is 7.99. The quantitative estimate of drug-likeness (QED) is 0.543. The lowest BCUT2D eigenvalue weighted by molar-refractivity contribution is 0.0761. The van der Waals surface area contributed by atoms with Gasteiger partial charge in [-0.05, 0) is 33.1 Å². The average Bonchev–Trinajstić information content (AvgIpc) is 3.03. The fraction of sp³-hybridized carbons (Fsp3) is 0.700. The summed E-state index contributed by atoms with van der Waals surface area (Å²) in [4.78, 5) is 15.1. The van der Waals surface area contributed by atoms with Gasteiger partial charge in [-0.25, -0.2) is 0 Å². The van der Waals surface area contributed by atoms with E-state index in [1.54, 1.807) is 0 Å². The largest absolute Gasteiger partial charge is 0.377 e. The second kappa shape index (κ2) is 9.75. The van der Waals surface area contributed by atoms with Crippen LogP contribution >= 0.6 is 11.8 Å². The van der Waals surface area contributed by atoms with E-state index in [-0.39, 0.29) is 12.0 Å². The van der Waals surface area contributed by atoms with Gasteiger partial charge in [0.25, 0.3) is 5.91 Å². The molecule has 1 aliphatic heterocycles. The van der Waals surface area contributed by atoms with Gasteiger partial charge in [0.15, 0.2) is 5.69 Å². The van der Waals surface area contributed by atoms with Gasteiger partial charge in [-0.3, -0.25) is 9.48 Å². The molecule has 1 aromatic rings. The fourth-order valence-electron chi connectivity index (χ4n) is 3.78. The minimum atomic E-state index is 0.0955. The maximum absolute atomic E-state index is 13.1. The minimum absolute atomic E-state index is 0.0955. The summed E-state index contributed by atoms with van der Waals surface area (Å²) in [6.45, 7) is 11.8. The molecule has 27 heavy (non-hydrogen) atoms. The Morgan fingerprint density at radius 1 is 1.44 bits per heavy atom. The summed E-state index contributed by atoms with van der Waals surface area (Å²) in [5.74, 6) is 2.13. The third-order valence-corrected chi connectivity index (χ3v) is 6.08. The van der Waals surface area contributed by atoms with E-state index in [2.05, 4.69) is 25.7 Å². The summed E-state index contributed by atoms with van der Waals surface area (Å²) in [6, 6.07) is 0.373. The molecule has 0 bridgehead atoms. The van der Waals surface area contributed by atoms with Crippen LogP contribution < -0.4 is 5.32 Å². The van der Waals surface area contributed by atoms with Crippen molar-refractivity contribution in [1.29, 1.82) is 0 Å². The second-order valence-corrected chi connectivity index (χ2v) is 8.69. The highest BCUT2D eigenvalue weighted by Crippen LogP contribution is 2.26. The zero-order valence-electron chi connectivity index (χ0n) is 16.6. The summed E-state index contributed by atoms with van der Waals surface area (Å²) in [6.07, 6.45) is 4.98. The number of thioether (sulfide) groups is 1. The standard InChI is InChI=1S/C20H32N4O2S/c1-4-8-24-18-6-5-16(21-7-11-26-15(2)3)14-17(18)19(22-24)20(25)23-9-12-27-13-10-23/h4,15-16,21H,1,5-14H2,2-3H3. The Labute approximate surface area is 166 Å². The van der Waals surface area contributed by atoms with Crippen molar-refractivity contribution in [2.75, 3.05) is 37.7 Å². The molecule has 150 valence electrons. The Morgan fingerprint density at radius 2 is 2.22 bits per heavy atom. The molecular formula is C20H32N4O2S. The molecule has 1 fully saturated rings. The van der Waals surface area contributed by atoms with Gasteiger partial charge in [0.05, 0.1) is 19.3 Å². The molecule has 1 saturated heterocycles. The summed E-state index contributed by atoms with van der Waals surface area (Å²) < 4.78 is 7.61. The van der Waals surface area contributed by atoms with Gasteiger partial charge in [-0.15, -0.1) is 6.58 Å². The molecule has 1 N–H and O–H groups in total. The van der Waals surface area contributed by atoms with E-state index in [0.29, 0.717) is 24.9 Å². The maximum Gasteiger partial charge on any atom is 0.274 e. The molecule has 7 heteroatoms. The lowest BCUT2D eigenvalue weighted by Crippen LogP contribution is -2.40. The fourth-order valence-corrected chi connectivity index (χ4v) is 4.68. The number of aromatic nitrogens is 2. The van der Waals surface area contributed by atoms with E-state index >= 15 is 0 Å². The molecule has 0 aromatic carbocycles. The molecule has 1 amide bonds. The van der Waals surface area contributed by atoms with Crippen LogP contribution in [0.4, 0.5) is 0 Å². The van der Waals surface area contributed by atoms with Gasteiger partial charge >= 0.3 is 0 Å². The van der Waals surface area contributed by atoms with Crippen LogP contribution in [0.2, 0.25) is 0 Å². The van der Waals surface area contributed by atoms with E-state index in [4.69, 9.17) is 9.84 Å². The molecule has 1 aliphatic carbocycles. The first-order valence-electron chi connectivity index (χ1n) is 10.0. The monoisotopic (exact) mass is 392 g/mol. The van der Waals surface area contributed by atoms with Crippen molar-refractivity contribution in [3.63, 3.8) is 0 Å². The van der Waals surface area contributed by atoms with Crippen LogP contribution in [0.15, 0.2) is 12.7 Å². The van der Waals surface area contributed by atoms with Crippen LogP contribution in [-0.4, -0.2) is 70.5 Å². The lowest BCUT2D eigenvalue weighted by Gasteiger charge is -2.27. The second-order valence-electron chi connectivity index (χ2n) is 7.46. The van der Waals surface area contributed by atoms with Crippen LogP contribution in [0.3, 0.4) is 0 Å². The molecule has 2 aliphatic rings. The molecule has 6 nitrogen and oxygen atoms in total. The van der Waals surface area contributed by atoms with E-state index in [0.717, 1.165) is 56.0 Å². The lowest BCUT2D eigenvalue weighted by atomic mass is 9.91. The predicted molar refractivity (Wildman–Crippen MR) is 111 cm³/mol. The molecular weight excluding hydrogens is 360 g/mol. The van der Waals surface area contributed by atoms with Crippen LogP contribution in [0, 0.1) is 0 Å². The Balaban J connectivity index is 1.72. The number of nitrogens with one attached hydrogen (secondary N) is 1. The van der Waals surface area contributed by atoms with E-state index in [1.807, 2.05) is 27.4 Å². The van der Waals surface area contributed by atoms with Gasteiger partial charge < -0.3 is 15.0 Å². The van der Waals surface area contributed by atoms with Crippen LogP contribution in [0.25, 0.3) is 0 Å². The zero-order valence-corrected chi connectivity index (χ0v) is 17.4. The predicted octanol–water partition coefficient (Wildman–Crippen LogP) is 2.13. The number of carbonyl (C=O) groups is 1. The highest BCUT2D eigenvalue weighted by Gasteiger charge is 2.31. The first kappa shape index (κ1) is 20.4. The van der Waals surface area contributed by atoms with Crippen molar-refractivity contribution in [2.24, 2.45) is 0 Å². The third kappa shape index (κ3) is 5.15. The number of amides is 1. The van der Waals surface area contributed by atoms with Crippen molar-refractivity contribution in [1.82, 2.24) is 20.0 Å². The number of rotatable bonds is 8. The SMILES string of the molecule is C=CCn1nc(C(=O)N2CCSCC2)c2c1CCC(NCCOC(C)C)C2. The van der Waals surface area contributed by atoms with Crippen molar-refractivity contribution in [3.05, 3.63) is 29.6 Å². The van der Waals surface area contributed by atoms with Crippen molar-refractivity contribution in [3.8, 4) is 0 Å². The summed E-state index contributed by atoms with van der Waals surface area (Å²) >= 11 is 1.91. The average molecular weight is 393 g/mol. The molecule has 1 atom stereocenters. The van der Waals surface area contributed by atoms with Crippen LogP contribution in [-0.2, 0) is 24.1 Å². The Bertz CT molecular complexity index is 653. The molecule has 0 saturated carbocycles. The van der Waals surface area contributed by atoms with Gasteiger partial charge in [0.2, 0.25) is 0 Å². The molecule has 2 heterocycles. The van der Waals surface area contributed by atoms with Gasteiger partial charge in [0, 0.05) is 48.4 Å². The number of carbonyl (C=O) groups excluding carboxylic acids is 1. The number of hydrogen-bond acceptors (Lipinski definition) is 5. The minimum Gasteiger partial charge on any atom is -0.377 e. The number of hydrogen-bond donors (Lipinski definition) is 1. The van der Waals surface area contributed by atoms with Gasteiger partial charge in [0.1, 0.15) is 0 Å². The summed E-state index contributed by atoms with van der Waals surface area (Å²) in [5.41, 5.74) is 3.00. The summed E-state index contributed by atoms with van der Waals surface area (Å²) in [7, 11) is 0. The smallest absolute Gasteiger partial charge is 0.274 e. The number of ether oxygens (including phenoxy) is 1. The van der Waals surface area contributed by atoms with Crippen molar-refractivity contribution in [2.45, 2.75) is 51.8 Å². The van der Waals surface area contributed by atoms with Gasteiger partial charge in [-0.1, -0.05) is 6.08 Å². The van der Waals surface area contributed by atoms with Crippen LogP contribution in [0.1, 0.15) is 42.0 Å². The third-order valence-electron chi connectivity index (χ3n) is 5.14. The Morgan fingerprint density at radius 3 is 2.93 bits per heavy atom. The molecule has 0 radical (unpaired) electrons. The number of allylic oxidation sites excluding steroid dienone is 1. The Kier molecular flexibility index (Phi) is 7.38. The highest BCUT2D eigenvalue weighted by atomic mass is 32.2. The van der Waals surface area contributed by atoms with Crippen LogP contribution in [0.5, 0.6) is 0 Å². The Hall–Kier alpha value is -1.31. The van der Waals surface area contributed by atoms with Crippen molar-refractivity contribution >= 4 is 17.7 Å². The first-order valence-corrected chi connectivity index (χ1v) is 11.2. The van der Waals surface area contributed by atoms with E-state index in [1.165, 1.54) is 5.69 Å².